The number of rotatable bonds is 4. The van der Waals surface area contributed by atoms with E-state index in [4.69, 9.17) is 4.74 Å². The lowest BCUT2D eigenvalue weighted by Crippen LogP contribution is -2.21. The van der Waals surface area contributed by atoms with Crippen LogP contribution in [-0.4, -0.2) is 16.1 Å². The normalized spacial score (nSPS) is 17.8. The Balaban J connectivity index is 2.38. The van der Waals surface area contributed by atoms with Crippen molar-refractivity contribution >= 4 is 21.6 Å². The molecule has 0 saturated heterocycles. The van der Waals surface area contributed by atoms with E-state index in [2.05, 4.69) is 15.9 Å². The first-order chi connectivity index (χ1) is 9.49. The van der Waals surface area contributed by atoms with Crippen molar-refractivity contribution < 1.29 is 14.8 Å². The van der Waals surface area contributed by atoms with Crippen LogP contribution in [0.4, 0.5) is 5.69 Å². The Labute approximate surface area is 126 Å². The van der Waals surface area contributed by atoms with E-state index < -0.39 is 11.0 Å². The standard InChI is InChI=1S/C14H18BrNO4/c1-9(17)12-7-10(15)8-13(16(18)19)14(12)20-11-5-3-2-4-6-11/h7-9,11,17H,2-6H2,1H3. The zero-order chi connectivity index (χ0) is 14.7. The van der Waals surface area contributed by atoms with E-state index >= 15 is 0 Å². The second-order valence-electron chi connectivity index (χ2n) is 5.15. The first-order valence-electron chi connectivity index (χ1n) is 6.81. The highest BCUT2D eigenvalue weighted by atomic mass is 79.9. The van der Waals surface area contributed by atoms with Crippen LogP contribution >= 0.6 is 15.9 Å². The molecule has 110 valence electrons. The molecule has 2 rings (SSSR count). The first-order valence-corrected chi connectivity index (χ1v) is 7.61. The monoisotopic (exact) mass is 343 g/mol. The minimum Gasteiger partial charge on any atom is -0.483 e. The Hall–Kier alpha value is -1.14. The van der Waals surface area contributed by atoms with E-state index in [9.17, 15) is 15.2 Å². The van der Waals surface area contributed by atoms with Gasteiger partial charge in [0.05, 0.1) is 17.1 Å². The van der Waals surface area contributed by atoms with Crippen molar-refractivity contribution in [2.45, 2.75) is 51.2 Å². The molecule has 1 fully saturated rings. The molecular formula is C14H18BrNO4. The Morgan fingerprint density at radius 2 is 2.05 bits per heavy atom. The molecule has 0 aromatic heterocycles. The lowest BCUT2D eigenvalue weighted by molar-refractivity contribution is -0.386. The van der Waals surface area contributed by atoms with E-state index in [1.165, 1.54) is 12.5 Å². The van der Waals surface area contributed by atoms with Crippen LogP contribution in [0.25, 0.3) is 0 Å². The molecule has 6 heteroatoms. The van der Waals surface area contributed by atoms with Crippen LogP contribution in [0.1, 0.15) is 50.7 Å². The van der Waals surface area contributed by atoms with E-state index in [1.807, 2.05) is 0 Å². The molecule has 1 unspecified atom stereocenters. The molecule has 1 aliphatic rings. The third-order valence-electron chi connectivity index (χ3n) is 3.55. The van der Waals surface area contributed by atoms with Crippen LogP contribution in [0.2, 0.25) is 0 Å². The van der Waals surface area contributed by atoms with Gasteiger partial charge in [0.1, 0.15) is 0 Å². The predicted octanol–water partition coefficient (Wildman–Crippen LogP) is 4.12. The van der Waals surface area contributed by atoms with Crippen molar-refractivity contribution in [2.24, 2.45) is 0 Å². The average molecular weight is 344 g/mol. The molecule has 20 heavy (non-hydrogen) atoms. The summed E-state index contributed by atoms with van der Waals surface area (Å²) in [6.45, 7) is 1.58. The summed E-state index contributed by atoms with van der Waals surface area (Å²) in [5, 5.41) is 21.1. The number of ether oxygens (including phenoxy) is 1. The summed E-state index contributed by atoms with van der Waals surface area (Å²) in [6, 6.07) is 3.10. The van der Waals surface area contributed by atoms with Crippen molar-refractivity contribution in [2.75, 3.05) is 0 Å². The SMILES string of the molecule is CC(O)c1cc(Br)cc([N+](=O)[O-])c1OC1CCCCC1. The van der Waals surface area contributed by atoms with Crippen molar-refractivity contribution in [1.82, 2.24) is 0 Å². The van der Waals surface area contributed by atoms with Crippen molar-refractivity contribution in [1.29, 1.82) is 0 Å². The van der Waals surface area contributed by atoms with Gasteiger partial charge in [-0.3, -0.25) is 10.1 Å². The molecule has 0 aliphatic heterocycles. The summed E-state index contributed by atoms with van der Waals surface area (Å²) in [6.07, 6.45) is 4.36. The summed E-state index contributed by atoms with van der Waals surface area (Å²) < 4.78 is 6.44. The lowest BCUT2D eigenvalue weighted by atomic mass is 9.97. The maximum Gasteiger partial charge on any atom is 0.312 e. The number of hydrogen-bond donors (Lipinski definition) is 1. The van der Waals surface area contributed by atoms with Gasteiger partial charge in [0, 0.05) is 16.1 Å². The molecule has 1 N–H and O–H groups in total. The summed E-state index contributed by atoms with van der Waals surface area (Å²) >= 11 is 3.24. The largest absolute Gasteiger partial charge is 0.483 e. The molecule has 1 aromatic carbocycles. The molecular weight excluding hydrogens is 326 g/mol. The Morgan fingerprint density at radius 1 is 1.40 bits per heavy atom. The van der Waals surface area contributed by atoms with E-state index in [-0.39, 0.29) is 17.5 Å². The fourth-order valence-electron chi connectivity index (χ4n) is 2.52. The average Bonchev–Trinajstić information content (AvgIpc) is 2.41. The van der Waals surface area contributed by atoms with Gasteiger partial charge in [-0.25, -0.2) is 0 Å². The Bertz CT molecular complexity index is 498. The summed E-state index contributed by atoms with van der Waals surface area (Å²) in [7, 11) is 0. The highest BCUT2D eigenvalue weighted by molar-refractivity contribution is 9.10. The maximum absolute atomic E-state index is 11.2. The van der Waals surface area contributed by atoms with Crippen LogP contribution in [-0.2, 0) is 0 Å². The number of aliphatic hydroxyl groups excluding tert-OH is 1. The molecule has 0 heterocycles. The van der Waals surface area contributed by atoms with Gasteiger partial charge < -0.3 is 9.84 Å². The number of nitro groups is 1. The molecule has 5 nitrogen and oxygen atoms in total. The van der Waals surface area contributed by atoms with Crippen LogP contribution in [0.5, 0.6) is 5.75 Å². The molecule has 0 spiro atoms. The van der Waals surface area contributed by atoms with E-state index in [0.717, 1.165) is 25.7 Å². The van der Waals surface area contributed by atoms with Crippen molar-refractivity contribution in [3.05, 3.63) is 32.3 Å². The van der Waals surface area contributed by atoms with Crippen LogP contribution < -0.4 is 4.74 Å². The highest BCUT2D eigenvalue weighted by Gasteiger charge is 2.26. The number of aliphatic hydroxyl groups is 1. The second kappa shape index (κ2) is 6.54. The van der Waals surface area contributed by atoms with Crippen molar-refractivity contribution in [3.63, 3.8) is 0 Å². The maximum atomic E-state index is 11.2. The molecule has 0 radical (unpaired) electrons. The molecule has 1 saturated carbocycles. The quantitative estimate of drug-likeness (QED) is 0.659. The predicted molar refractivity (Wildman–Crippen MR) is 78.9 cm³/mol. The second-order valence-corrected chi connectivity index (χ2v) is 6.07. The third-order valence-corrected chi connectivity index (χ3v) is 4.00. The number of benzene rings is 1. The Kier molecular flexibility index (Phi) is 4.99. The minimum atomic E-state index is -0.815. The fraction of sp³-hybridized carbons (Fsp3) is 0.571. The van der Waals surface area contributed by atoms with Gasteiger partial charge in [0.2, 0.25) is 5.75 Å². The molecule has 1 aliphatic carbocycles. The number of nitro benzene ring substituents is 1. The topological polar surface area (TPSA) is 72.6 Å². The van der Waals surface area contributed by atoms with Crippen molar-refractivity contribution in [3.8, 4) is 5.75 Å². The van der Waals surface area contributed by atoms with Gasteiger partial charge in [0.25, 0.3) is 0 Å². The van der Waals surface area contributed by atoms with Gasteiger partial charge in [-0.2, -0.15) is 0 Å². The van der Waals surface area contributed by atoms with Crippen LogP contribution in [0.3, 0.4) is 0 Å². The fourth-order valence-corrected chi connectivity index (χ4v) is 2.99. The van der Waals surface area contributed by atoms with Gasteiger partial charge >= 0.3 is 5.69 Å². The summed E-state index contributed by atoms with van der Waals surface area (Å²) in [4.78, 5) is 10.8. The smallest absolute Gasteiger partial charge is 0.312 e. The summed E-state index contributed by atoms with van der Waals surface area (Å²) in [5.74, 6) is 0.208. The number of nitrogens with zero attached hydrogens (tertiary/aromatic N) is 1. The molecule has 1 aromatic rings. The van der Waals surface area contributed by atoms with E-state index in [0.29, 0.717) is 10.0 Å². The van der Waals surface area contributed by atoms with Gasteiger partial charge in [-0.1, -0.05) is 22.4 Å². The molecule has 0 bridgehead atoms. The zero-order valence-corrected chi connectivity index (χ0v) is 12.9. The van der Waals surface area contributed by atoms with Crippen LogP contribution in [0.15, 0.2) is 16.6 Å². The summed E-state index contributed by atoms with van der Waals surface area (Å²) in [5.41, 5.74) is 0.359. The Morgan fingerprint density at radius 3 is 2.60 bits per heavy atom. The van der Waals surface area contributed by atoms with Gasteiger partial charge in [-0.05, 0) is 38.7 Å². The highest BCUT2D eigenvalue weighted by Crippen LogP contribution is 2.39. The molecule has 1 atom stereocenters. The number of hydrogen-bond acceptors (Lipinski definition) is 4. The first kappa shape index (κ1) is 15.3. The van der Waals surface area contributed by atoms with Gasteiger partial charge in [0.15, 0.2) is 0 Å². The third kappa shape index (κ3) is 3.49. The van der Waals surface area contributed by atoms with Crippen LogP contribution in [0, 0.1) is 10.1 Å². The number of halogens is 1. The van der Waals surface area contributed by atoms with E-state index in [1.54, 1.807) is 13.0 Å². The molecule has 0 amide bonds. The zero-order valence-electron chi connectivity index (χ0n) is 11.3. The van der Waals surface area contributed by atoms with Gasteiger partial charge in [-0.15, -0.1) is 0 Å². The lowest BCUT2D eigenvalue weighted by Gasteiger charge is -2.24. The minimum absolute atomic E-state index is 0.00104.